The average molecular weight is 222 g/mol. The molecule has 0 aliphatic heterocycles. The van der Waals surface area contributed by atoms with Gasteiger partial charge in [-0.05, 0) is 11.6 Å². The van der Waals surface area contributed by atoms with Gasteiger partial charge in [0.1, 0.15) is 6.04 Å². The third-order valence-corrected chi connectivity index (χ3v) is 2.21. The van der Waals surface area contributed by atoms with E-state index in [-0.39, 0.29) is 0 Å². The maximum atomic E-state index is 10.9. The van der Waals surface area contributed by atoms with Crippen molar-refractivity contribution in [2.45, 2.75) is 6.04 Å². The maximum absolute atomic E-state index is 10.9. The zero-order valence-electron chi connectivity index (χ0n) is 6.78. The van der Waals surface area contributed by atoms with E-state index in [1.165, 1.54) is 18.4 Å². The molecule has 5 nitrogen and oxygen atoms in total. The molecular formula is C6H8ClN3O2S. The van der Waals surface area contributed by atoms with Crippen molar-refractivity contribution in [2.24, 2.45) is 0 Å². The second kappa shape index (κ2) is 4.52. The third kappa shape index (κ3) is 2.63. The minimum Gasteiger partial charge on any atom is -0.375 e. The van der Waals surface area contributed by atoms with E-state index in [2.05, 4.69) is 15.3 Å². The SMILES string of the molecule is CONC(C(=O)Cl)c1csc(N)n1. The van der Waals surface area contributed by atoms with E-state index < -0.39 is 11.3 Å². The summed E-state index contributed by atoms with van der Waals surface area (Å²) >= 11 is 6.55. The van der Waals surface area contributed by atoms with E-state index in [1.807, 2.05) is 0 Å². The molecule has 1 heterocycles. The van der Waals surface area contributed by atoms with Crippen LogP contribution in [0.5, 0.6) is 0 Å². The second-order valence-electron chi connectivity index (χ2n) is 2.17. The average Bonchev–Trinajstić information content (AvgIpc) is 2.46. The number of carbonyl (C=O) groups is 1. The summed E-state index contributed by atoms with van der Waals surface area (Å²) in [5, 5.41) is 1.44. The summed E-state index contributed by atoms with van der Waals surface area (Å²) in [5.74, 6) is 0. The quantitative estimate of drug-likeness (QED) is 0.578. The highest BCUT2D eigenvalue weighted by atomic mass is 35.5. The Hall–Kier alpha value is -0.690. The van der Waals surface area contributed by atoms with Gasteiger partial charge in [0, 0.05) is 5.38 Å². The fourth-order valence-electron chi connectivity index (χ4n) is 0.774. The van der Waals surface area contributed by atoms with E-state index in [1.54, 1.807) is 5.38 Å². The molecule has 0 spiro atoms. The molecule has 0 aliphatic rings. The largest absolute Gasteiger partial charge is 0.375 e. The smallest absolute Gasteiger partial charge is 0.247 e. The normalized spacial score (nSPS) is 12.8. The zero-order chi connectivity index (χ0) is 9.84. The summed E-state index contributed by atoms with van der Waals surface area (Å²) in [7, 11) is 1.39. The monoisotopic (exact) mass is 221 g/mol. The third-order valence-electron chi connectivity index (χ3n) is 1.30. The van der Waals surface area contributed by atoms with Gasteiger partial charge in [-0.2, -0.15) is 5.48 Å². The van der Waals surface area contributed by atoms with E-state index in [0.717, 1.165) is 0 Å². The van der Waals surface area contributed by atoms with Crippen molar-refractivity contribution in [1.82, 2.24) is 10.5 Å². The van der Waals surface area contributed by atoms with E-state index in [0.29, 0.717) is 10.8 Å². The van der Waals surface area contributed by atoms with Gasteiger partial charge in [0.25, 0.3) is 0 Å². The van der Waals surface area contributed by atoms with Crippen LogP contribution in [0.1, 0.15) is 11.7 Å². The second-order valence-corrected chi connectivity index (χ2v) is 3.43. The first-order valence-corrected chi connectivity index (χ1v) is 4.59. The van der Waals surface area contributed by atoms with Gasteiger partial charge in [-0.25, -0.2) is 4.98 Å². The van der Waals surface area contributed by atoms with Crippen molar-refractivity contribution < 1.29 is 9.63 Å². The Morgan fingerprint density at radius 3 is 3.00 bits per heavy atom. The van der Waals surface area contributed by atoms with Crippen molar-refractivity contribution in [3.8, 4) is 0 Å². The maximum Gasteiger partial charge on any atom is 0.247 e. The Labute approximate surface area is 83.8 Å². The lowest BCUT2D eigenvalue weighted by molar-refractivity contribution is -0.117. The molecule has 3 N–H and O–H groups in total. The number of anilines is 1. The number of nitrogens with two attached hydrogens (primary N) is 1. The lowest BCUT2D eigenvalue weighted by atomic mass is 10.3. The predicted molar refractivity (Wildman–Crippen MR) is 50.3 cm³/mol. The first kappa shape index (κ1) is 10.4. The predicted octanol–water partition coefficient (Wildman–Crippen LogP) is 0.683. The molecule has 0 saturated heterocycles. The lowest BCUT2D eigenvalue weighted by Gasteiger charge is -2.08. The first-order valence-electron chi connectivity index (χ1n) is 3.34. The number of rotatable bonds is 4. The molecule has 0 saturated carbocycles. The topological polar surface area (TPSA) is 77.2 Å². The van der Waals surface area contributed by atoms with Crippen molar-refractivity contribution in [3.63, 3.8) is 0 Å². The van der Waals surface area contributed by atoms with Crippen molar-refractivity contribution in [3.05, 3.63) is 11.1 Å². The van der Waals surface area contributed by atoms with Gasteiger partial charge < -0.3 is 10.6 Å². The van der Waals surface area contributed by atoms with Crippen molar-refractivity contribution >= 4 is 33.3 Å². The highest BCUT2D eigenvalue weighted by Gasteiger charge is 2.20. The Kier molecular flexibility index (Phi) is 3.61. The molecule has 1 unspecified atom stereocenters. The van der Waals surface area contributed by atoms with Gasteiger partial charge in [-0.15, -0.1) is 11.3 Å². The number of nitrogen functional groups attached to an aromatic ring is 1. The minimum absolute atomic E-state index is 0.385. The fraction of sp³-hybridized carbons (Fsp3) is 0.333. The van der Waals surface area contributed by atoms with Crippen LogP contribution in [0.25, 0.3) is 0 Å². The van der Waals surface area contributed by atoms with Gasteiger partial charge >= 0.3 is 0 Å². The van der Waals surface area contributed by atoms with Crippen LogP contribution in [-0.4, -0.2) is 17.3 Å². The number of halogens is 1. The Morgan fingerprint density at radius 1 is 1.92 bits per heavy atom. The number of hydroxylamine groups is 1. The zero-order valence-corrected chi connectivity index (χ0v) is 8.35. The summed E-state index contributed by atoms with van der Waals surface area (Å²) in [5.41, 5.74) is 8.28. The number of nitrogens with zero attached hydrogens (tertiary/aromatic N) is 1. The molecule has 0 aromatic carbocycles. The van der Waals surface area contributed by atoms with Crippen molar-refractivity contribution in [2.75, 3.05) is 12.8 Å². The van der Waals surface area contributed by atoms with E-state index in [9.17, 15) is 4.79 Å². The molecule has 1 atom stereocenters. The summed E-state index contributed by atoms with van der Waals surface area (Å²) in [4.78, 5) is 19.4. The molecular weight excluding hydrogens is 214 g/mol. The molecule has 0 amide bonds. The number of carbonyl (C=O) groups excluding carboxylic acids is 1. The molecule has 1 aromatic rings. The fourth-order valence-corrected chi connectivity index (χ4v) is 1.52. The molecule has 1 aromatic heterocycles. The van der Waals surface area contributed by atoms with Crippen LogP contribution in [0, 0.1) is 0 Å². The van der Waals surface area contributed by atoms with E-state index >= 15 is 0 Å². The standard InChI is InChI=1S/C6H8ClN3O2S/c1-12-10-4(5(7)11)3-2-13-6(8)9-3/h2,4,10H,1H3,(H2,8,9). The number of hydrogen-bond donors (Lipinski definition) is 2. The lowest BCUT2D eigenvalue weighted by Crippen LogP contribution is -2.25. The van der Waals surface area contributed by atoms with Crippen LogP contribution in [0.4, 0.5) is 5.13 Å². The van der Waals surface area contributed by atoms with E-state index in [4.69, 9.17) is 17.3 Å². The van der Waals surface area contributed by atoms with Crippen LogP contribution >= 0.6 is 22.9 Å². The molecule has 13 heavy (non-hydrogen) atoms. The van der Waals surface area contributed by atoms with Gasteiger partial charge in [-0.1, -0.05) is 0 Å². The van der Waals surface area contributed by atoms with Crippen LogP contribution < -0.4 is 11.2 Å². The summed E-state index contributed by atoms with van der Waals surface area (Å²) in [6.07, 6.45) is 0. The van der Waals surface area contributed by atoms with Gasteiger partial charge in [0.15, 0.2) is 5.13 Å². The Bertz CT molecular complexity index is 304. The van der Waals surface area contributed by atoms with Crippen molar-refractivity contribution in [1.29, 1.82) is 0 Å². The highest BCUT2D eigenvalue weighted by Crippen LogP contribution is 2.19. The molecule has 0 aliphatic carbocycles. The minimum atomic E-state index is -0.764. The van der Waals surface area contributed by atoms with Gasteiger partial charge in [0.05, 0.1) is 12.8 Å². The van der Waals surface area contributed by atoms with Gasteiger partial charge in [0.2, 0.25) is 5.24 Å². The highest BCUT2D eigenvalue weighted by molar-refractivity contribution is 7.13. The number of hydrogen-bond acceptors (Lipinski definition) is 6. The molecule has 7 heteroatoms. The summed E-state index contributed by atoms with van der Waals surface area (Å²) < 4.78 is 0. The molecule has 72 valence electrons. The van der Waals surface area contributed by atoms with Crippen LogP contribution in [0.2, 0.25) is 0 Å². The first-order chi connectivity index (χ1) is 6.15. The molecule has 0 bridgehead atoms. The van der Waals surface area contributed by atoms with Crippen LogP contribution in [0.3, 0.4) is 0 Å². The Balaban J connectivity index is 2.81. The number of thiazole rings is 1. The number of aromatic nitrogens is 1. The van der Waals surface area contributed by atoms with Crippen LogP contribution in [0.15, 0.2) is 5.38 Å². The molecule has 0 fully saturated rings. The van der Waals surface area contributed by atoms with Gasteiger partial charge in [-0.3, -0.25) is 4.79 Å². The number of nitrogens with one attached hydrogen (secondary N) is 1. The van der Waals surface area contributed by atoms with Crippen LogP contribution in [-0.2, 0) is 9.63 Å². The summed E-state index contributed by atoms with van der Waals surface area (Å²) in [6.45, 7) is 0. The molecule has 1 rings (SSSR count). The molecule has 0 radical (unpaired) electrons. The summed E-state index contributed by atoms with van der Waals surface area (Å²) in [6, 6.07) is -0.764. The Morgan fingerprint density at radius 2 is 2.62 bits per heavy atom.